The van der Waals surface area contributed by atoms with E-state index in [-0.39, 0.29) is 11.1 Å². The number of carbonyl (C=O) groups excluding carboxylic acids is 4. The maximum absolute atomic E-state index is 15.4. The number of amides is 2. The van der Waals surface area contributed by atoms with Crippen molar-refractivity contribution >= 4 is 35.7 Å². The Labute approximate surface area is 289 Å². The predicted octanol–water partition coefficient (Wildman–Crippen LogP) is 6.69. The van der Waals surface area contributed by atoms with Gasteiger partial charge >= 0.3 is 24.1 Å². The van der Waals surface area contributed by atoms with Gasteiger partial charge in [-0.25, -0.2) is 28.0 Å². The summed E-state index contributed by atoms with van der Waals surface area (Å²) in [5.41, 5.74) is -11.4. The van der Waals surface area contributed by atoms with Gasteiger partial charge in [0.1, 0.15) is 22.5 Å². The van der Waals surface area contributed by atoms with Crippen molar-refractivity contribution in [2.45, 2.75) is 116 Å². The number of nitrogens with one attached hydrogen (secondary N) is 2. The summed E-state index contributed by atoms with van der Waals surface area (Å²) in [5, 5.41) is 24.1. The fraction of sp³-hybridized carbons (Fsp3) is 0.500. The van der Waals surface area contributed by atoms with Gasteiger partial charge in [0.25, 0.3) is 0 Å². The summed E-state index contributed by atoms with van der Waals surface area (Å²) in [6, 6.07) is 11.6. The molecule has 0 aliphatic heterocycles. The molecular formula is C36H46F2N2O10. The average molecular weight is 705 g/mol. The molecule has 0 aromatic heterocycles. The summed E-state index contributed by atoms with van der Waals surface area (Å²) < 4.78 is 41.0. The second kappa shape index (κ2) is 14.5. The number of aliphatic carboxylic acids is 2. The molecule has 2 atom stereocenters. The number of alkyl carbamates (subject to hydrolysis) is 2. The standard InChI is InChI=1S/C36H46F2N2O10/c1-31(2,3)49-29(47)39-35(27(43)44,33(7,8)37)19-25(41)23-15-11-21(12-16-23)22-13-17-24(18-14-22)26(42)20-36(28(45)46,34(9,10)38)40-30(48)50-32(4,5)6/h11-18H,19-20H2,1-10H3,(H,39,47)(H,40,48)(H,43,44)(H,45,46). The zero-order chi connectivity index (χ0) is 38.7. The SMILES string of the molecule is CC(C)(C)OC(=O)NC(CC(=O)c1ccc(-c2ccc(C(=O)CC(NC(=O)OC(C)(C)C)(C(=O)O)C(C)(C)F)cc2)cc1)(C(=O)O)C(C)(C)F. The van der Waals surface area contributed by atoms with Gasteiger partial charge in [-0.2, -0.15) is 0 Å². The Hall–Kier alpha value is -4.88. The van der Waals surface area contributed by atoms with Crippen LogP contribution in [0.3, 0.4) is 0 Å². The summed E-state index contributed by atoms with van der Waals surface area (Å²) >= 11 is 0. The summed E-state index contributed by atoms with van der Waals surface area (Å²) in [6.45, 7) is 13.0. The lowest BCUT2D eigenvalue weighted by Gasteiger charge is -2.38. The molecule has 2 rings (SSSR count). The third-order valence-electron chi connectivity index (χ3n) is 7.79. The highest BCUT2D eigenvalue weighted by Gasteiger charge is 2.57. The number of carboxylic acids is 2. The molecule has 0 bridgehead atoms. The molecule has 14 heteroatoms. The van der Waals surface area contributed by atoms with Crippen LogP contribution in [-0.4, -0.2) is 79.5 Å². The van der Waals surface area contributed by atoms with E-state index in [0.29, 0.717) is 11.1 Å². The highest BCUT2D eigenvalue weighted by atomic mass is 19.1. The summed E-state index contributed by atoms with van der Waals surface area (Å²) in [4.78, 5) is 76.2. The van der Waals surface area contributed by atoms with Gasteiger partial charge in [-0.3, -0.25) is 9.59 Å². The van der Waals surface area contributed by atoms with Crippen LogP contribution in [0.25, 0.3) is 11.1 Å². The topological polar surface area (TPSA) is 185 Å². The second-order valence-electron chi connectivity index (χ2n) is 15.0. The van der Waals surface area contributed by atoms with E-state index < -0.39 is 82.2 Å². The van der Waals surface area contributed by atoms with Crippen molar-refractivity contribution in [2.75, 3.05) is 0 Å². The molecule has 2 unspecified atom stereocenters. The quantitative estimate of drug-likeness (QED) is 0.164. The Morgan fingerprint density at radius 3 is 1.00 bits per heavy atom. The monoisotopic (exact) mass is 704 g/mol. The van der Waals surface area contributed by atoms with E-state index >= 15 is 8.78 Å². The van der Waals surface area contributed by atoms with Crippen LogP contribution in [0, 0.1) is 0 Å². The molecule has 2 aromatic carbocycles. The Morgan fingerprint density at radius 2 is 0.800 bits per heavy atom. The summed E-state index contributed by atoms with van der Waals surface area (Å²) in [6.07, 6.45) is -4.29. The minimum atomic E-state index is -2.66. The molecule has 0 saturated carbocycles. The summed E-state index contributed by atoms with van der Waals surface area (Å²) in [5.74, 6) is -5.10. The average Bonchev–Trinajstić information content (AvgIpc) is 2.93. The van der Waals surface area contributed by atoms with E-state index in [1.165, 1.54) is 90.1 Å². The van der Waals surface area contributed by atoms with Crippen LogP contribution in [0.2, 0.25) is 0 Å². The van der Waals surface area contributed by atoms with Crippen molar-refractivity contribution in [2.24, 2.45) is 0 Å². The number of benzene rings is 2. The van der Waals surface area contributed by atoms with Crippen molar-refractivity contribution in [3.8, 4) is 11.1 Å². The van der Waals surface area contributed by atoms with Crippen LogP contribution < -0.4 is 10.6 Å². The first-order chi connectivity index (χ1) is 22.5. The van der Waals surface area contributed by atoms with E-state index in [2.05, 4.69) is 10.6 Å². The fourth-order valence-electron chi connectivity index (χ4n) is 4.91. The van der Waals surface area contributed by atoms with Crippen LogP contribution in [0.5, 0.6) is 0 Å². The van der Waals surface area contributed by atoms with Gasteiger partial charge in [-0.05, 0) is 80.4 Å². The first kappa shape index (κ1) is 41.3. The first-order valence-electron chi connectivity index (χ1n) is 15.7. The third kappa shape index (κ3) is 10.1. The third-order valence-corrected chi connectivity index (χ3v) is 7.79. The molecule has 2 aromatic rings. The zero-order valence-corrected chi connectivity index (χ0v) is 29.9. The van der Waals surface area contributed by atoms with Crippen molar-refractivity contribution < 1.29 is 57.2 Å². The lowest BCUT2D eigenvalue weighted by molar-refractivity contribution is -0.152. The highest BCUT2D eigenvalue weighted by Crippen LogP contribution is 2.34. The van der Waals surface area contributed by atoms with Crippen LogP contribution in [0.15, 0.2) is 48.5 Å². The Balaban J connectivity index is 2.33. The molecule has 2 amide bonds. The number of ketones is 2. The van der Waals surface area contributed by atoms with Crippen LogP contribution in [0.4, 0.5) is 18.4 Å². The number of alkyl halides is 2. The van der Waals surface area contributed by atoms with Crippen molar-refractivity contribution in [3.05, 3.63) is 59.7 Å². The number of Topliss-reactive ketones (excluding diaryl/α,β-unsaturated/α-hetero) is 2. The molecule has 12 nitrogen and oxygen atoms in total. The summed E-state index contributed by atoms with van der Waals surface area (Å²) in [7, 11) is 0. The maximum Gasteiger partial charge on any atom is 0.408 e. The van der Waals surface area contributed by atoms with Crippen LogP contribution in [-0.2, 0) is 19.1 Å². The Bertz CT molecular complexity index is 1490. The lowest BCUT2D eigenvalue weighted by Crippen LogP contribution is -2.66. The number of hydrogen-bond acceptors (Lipinski definition) is 8. The first-order valence-corrected chi connectivity index (χ1v) is 15.7. The predicted molar refractivity (Wildman–Crippen MR) is 180 cm³/mol. The van der Waals surface area contributed by atoms with Gasteiger partial charge in [0.05, 0.1) is 0 Å². The maximum atomic E-state index is 15.4. The van der Waals surface area contributed by atoms with Crippen molar-refractivity contribution in [3.63, 3.8) is 0 Å². The molecule has 4 N–H and O–H groups in total. The largest absolute Gasteiger partial charge is 0.479 e. The van der Waals surface area contributed by atoms with Gasteiger partial charge in [0, 0.05) is 24.0 Å². The van der Waals surface area contributed by atoms with Crippen molar-refractivity contribution in [1.29, 1.82) is 0 Å². The second-order valence-corrected chi connectivity index (χ2v) is 15.0. The molecule has 0 saturated heterocycles. The van der Waals surface area contributed by atoms with E-state index in [9.17, 15) is 39.0 Å². The smallest absolute Gasteiger partial charge is 0.408 e. The molecule has 0 aliphatic rings. The number of halogens is 2. The molecule has 50 heavy (non-hydrogen) atoms. The molecule has 0 spiro atoms. The van der Waals surface area contributed by atoms with Gasteiger partial charge in [-0.1, -0.05) is 48.5 Å². The minimum absolute atomic E-state index is 0.0257. The van der Waals surface area contributed by atoms with Crippen LogP contribution in [0.1, 0.15) is 103 Å². The molecule has 0 fully saturated rings. The molecule has 0 aliphatic carbocycles. The van der Waals surface area contributed by atoms with E-state index in [1.807, 2.05) is 0 Å². The molecule has 274 valence electrons. The number of hydrogen-bond donors (Lipinski definition) is 4. The number of carboxylic acid groups (broad SMARTS) is 2. The lowest BCUT2D eigenvalue weighted by atomic mass is 9.78. The van der Waals surface area contributed by atoms with Gasteiger partial charge in [0.15, 0.2) is 22.6 Å². The van der Waals surface area contributed by atoms with Gasteiger partial charge in [0.2, 0.25) is 0 Å². The normalized spacial score (nSPS) is 14.7. The van der Waals surface area contributed by atoms with Gasteiger partial charge < -0.3 is 30.3 Å². The highest BCUT2D eigenvalue weighted by molar-refractivity contribution is 6.03. The van der Waals surface area contributed by atoms with E-state index in [4.69, 9.17) is 9.47 Å². The van der Waals surface area contributed by atoms with Gasteiger partial charge in [-0.15, -0.1) is 0 Å². The van der Waals surface area contributed by atoms with E-state index in [1.54, 1.807) is 0 Å². The van der Waals surface area contributed by atoms with Crippen LogP contribution >= 0.6 is 0 Å². The Kier molecular flexibility index (Phi) is 12.0. The van der Waals surface area contributed by atoms with Crippen molar-refractivity contribution in [1.82, 2.24) is 10.6 Å². The fourth-order valence-corrected chi connectivity index (χ4v) is 4.91. The Morgan fingerprint density at radius 1 is 0.540 bits per heavy atom. The molecule has 0 radical (unpaired) electrons. The number of rotatable bonds is 13. The molecular weight excluding hydrogens is 658 g/mol. The number of carbonyl (C=O) groups is 6. The number of ether oxygens (including phenoxy) is 2. The molecule has 0 heterocycles. The zero-order valence-electron chi connectivity index (χ0n) is 29.9. The van der Waals surface area contributed by atoms with E-state index in [0.717, 1.165) is 27.7 Å². The minimum Gasteiger partial charge on any atom is -0.479 e.